The van der Waals surface area contributed by atoms with Crippen LogP contribution in [0, 0.1) is 0 Å². The molecule has 0 bridgehead atoms. The summed E-state index contributed by atoms with van der Waals surface area (Å²) < 4.78 is 0. The van der Waals surface area contributed by atoms with Gasteiger partial charge in [-0.25, -0.2) is 0 Å². The first-order chi connectivity index (χ1) is 15.3. The lowest BCUT2D eigenvalue weighted by molar-refractivity contribution is 0.343. The summed E-state index contributed by atoms with van der Waals surface area (Å²) in [6, 6.07) is 10.7. The van der Waals surface area contributed by atoms with Crippen molar-refractivity contribution in [2.75, 3.05) is 25.9 Å². The van der Waals surface area contributed by atoms with Crippen molar-refractivity contribution in [2.45, 2.75) is 108 Å². The van der Waals surface area contributed by atoms with Crippen molar-refractivity contribution < 1.29 is 0 Å². The fourth-order valence-electron chi connectivity index (χ4n) is 3.70. The van der Waals surface area contributed by atoms with Gasteiger partial charge in [-0.3, -0.25) is 0 Å². The van der Waals surface area contributed by atoms with E-state index >= 15 is 0 Å². The lowest BCUT2D eigenvalue weighted by Crippen LogP contribution is -2.22. The maximum absolute atomic E-state index is 2.50. The predicted molar refractivity (Wildman–Crippen MR) is 146 cm³/mol. The van der Waals surface area contributed by atoms with E-state index in [9.17, 15) is 0 Å². The van der Waals surface area contributed by atoms with E-state index in [0.717, 1.165) is 0 Å². The summed E-state index contributed by atoms with van der Waals surface area (Å²) >= 11 is 0. The monoisotopic (exact) mass is 463 g/mol. The summed E-state index contributed by atoms with van der Waals surface area (Å²) in [6.45, 7) is 4.73. The van der Waals surface area contributed by atoms with Gasteiger partial charge in [-0.1, -0.05) is 123 Å². The fourth-order valence-corrected chi connectivity index (χ4v) is 5.79. The molecule has 0 radical (unpaired) electrons. The van der Waals surface area contributed by atoms with E-state index in [1.54, 1.807) is 0 Å². The standard InChI is InChI=1S/C28H49NS2/c1-3-4-5-6-7-8-9-10-11-12-13-14-15-16-17-18-22-25-29(2)26-27-30-31-28-23-20-19-21-24-28/h10-11,19-21,23-24H,3-9,12-18,22,25-27H2,1-2H3/b11-10-. The molecule has 1 aromatic carbocycles. The molecule has 0 amide bonds. The van der Waals surface area contributed by atoms with Crippen LogP contribution in [-0.2, 0) is 0 Å². The number of hydrogen-bond donors (Lipinski definition) is 0. The Morgan fingerprint density at radius 3 is 1.84 bits per heavy atom. The Morgan fingerprint density at radius 2 is 1.23 bits per heavy atom. The van der Waals surface area contributed by atoms with Crippen molar-refractivity contribution in [3.63, 3.8) is 0 Å². The zero-order valence-electron chi connectivity index (χ0n) is 20.5. The second kappa shape index (κ2) is 22.8. The molecule has 1 nitrogen and oxygen atoms in total. The molecule has 0 heterocycles. The summed E-state index contributed by atoms with van der Waals surface area (Å²) in [5.74, 6) is 1.20. The molecule has 0 aliphatic rings. The SMILES string of the molecule is CCCCCCCC/C=C\CCCCCCCCCN(C)CCSSc1ccccc1. The topological polar surface area (TPSA) is 3.24 Å². The van der Waals surface area contributed by atoms with E-state index in [0.29, 0.717) is 0 Å². The molecular weight excluding hydrogens is 414 g/mol. The van der Waals surface area contributed by atoms with Gasteiger partial charge in [0.1, 0.15) is 0 Å². The van der Waals surface area contributed by atoms with Gasteiger partial charge >= 0.3 is 0 Å². The normalized spacial score (nSPS) is 11.7. The fraction of sp³-hybridized carbons (Fsp3) is 0.714. The van der Waals surface area contributed by atoms with Crippen LogP contribution in [-0.4, -0.2) is 30.8 Å². The van der Waals surface area contributed by atoms with E-state index in [1.807, 2.05) is 21.6 Å². The average Bonchev–Trinajstić information content (AvgIpc) is 2.79. The van der Waals surface area contributed by atoms with E-state index in [1.165, 1.54) is 120 Å². The quantitative estimate of drug-likeness (QED) is 0.0956. The minimum absolute atomic E-state index is 1.19. The number of hydrogen-bond acceptors (Lipinski definition) is 3. The van der Waals surface area contributed by atoms with E-state index in [-0.39, 0.29) is 0 Å². The Kier molecular flexibility index (Phi) is 21.1. The highest BCUT2D eigenvalue weighted by molar-refractivity contribution is 8.76. The molecule has 31 heavy (non-hydrogen) atoms. The molecular formula is C28H49NS2. The van der Waals surface area contributed by atoms with Crippen LogP contribution < -0.4 is 0 Å². The first-order valence-corrected chi connectivity index (χ1v) is 15.3. The minimum Gasteiger partial charge on any atom is -0.306 e. The van der Waals surface area contributed by atoms with Crippen molar-refractivity contribution in [2.24, 2.45) is 0 Å². The Hall–Kier alpha value is -0.380. The molecule has 0 atom stereocenters. The lowest BCUT2D eigenvalue weighted by Gasteiger charge is -2.15. The number of allylic oxidation sites excluding steroid dienone is 2. The van der Waals surface area contributed by atoms with Crippen LogP contribution in [0.15, 0.2) is 47.4 Å². The molecule has 0 unspecified atom stereocenters. The van der Waals surface area contributed by atoms with Gasteiger partial charge in [0.05, 0.1) is 0 Å². The van der Waals surface area contributed by atoms with Crippen LogP contribution in [0.25, 0.3) is 0 Å². The number of nitrogens with zero attached hydrogens (tertiary/aromatic N) is 1. The van der Waals surface area contributed by atoms with Crippen LogP contribution in [0.1, 0.15) is 103 Å². The summed E-state index contributed by atoms with van der Waals surface area (Å²) in [5.41, 5.74) is 0. The van der Waals surface area contributed by atoms with Crippen molar-refractivity contribution in [1.29, 1.82) is 0 Å². The highest BCUT2D eigenvalue weighted by atomic mass is 33.1. The van der Waals surface area contributed by atoms with Crippen LogP contribution >= 0.6 is 21.6 Å². The van der Waals surface area contributed by atoms with Gasteiger partial charge in [-0.15, -0.1) is 0 Å². The number of benzene rings is 1. The highest BCUT2D eigenvalue weighted by Gasteiger charge is 2.00. The van der Waals surface area contributed by atoms with Crippen LogP contribution in [0.3, 0.4) is 0 Å². The second-order valence-electron chi connectivity index (χ2n) is 8.81. The molecule has 0 saturated carbocycles. The van der Waals surface area contributed by atoms with Crippen LogP contribution in [0.5, 0.6) is 0 Å². The van der Waals surface area contributed by atoms with E-state index in [4.69, 9.17) is 0 Å². The molecule has 3 heteroatoms. The molecule has 0 spiro atoms. The molecule has 0 aliphatic carbocycles. The summed E-state index contributed by atoms with van der Waals surface area (Å²) in [7, 11) is 6.14. The van der Waals surface area contributed by atoms with Gasteiger partial charge in [-0.2, -0.15) is 0 Å². The van der Waals surface area contributed by atoms with Gasteiger partial charge in [0.2, 0.25) is 0 Å². The van der Waals surface area contributed by atoms with Gasteiger partial charge in [0.15, 0.2) is 0 Å². The van der Waals surface area contributed by atoms with Crippen molar-refractivity contribution in [1.82, 2.24) is 4.90 Å². The molecule has 1 rings (SSSR count). The largest absolute Gasteiger partial charge is 0.306 e. The molecule has 0 fully saturated rings. The molecule has 178 valence electrons. The molecule has 1 aromatic rings. The third-order valence-corrected chi connectivity index (χ3v) is 8.12. The molecule has 0 aromatic heterocycles. The van der Waals surface area contributed by atoms with Crippen molar-refractivity contribution in [3.05, 3.63) is 42.5 Å². The number of unbranched alkanes of at least 4 members (excludes halogenated alkanes) is 13. The van der Waals surface area contributed by atoms with Crippen molar-refractivity contribution >= 4 is 21.6 Å². The van der Waals surface area contributed by atoms with Crippen molar-refractivity contribution in [3.8, 4) is 0 Å². The highest BCUT2D eigenvalue weighted by Crippen LogP contribution is 2.30. The first-order valence-electron chi connectivity index (χ1n) is 13.0. The maximum atomic E-state index is 2.50. The maximum Gasteiger partial charge on any atom is 0.0182 e. The Bertz CT molecular complexity index is 503. The summed E-state index contributed by atoms with van der Waals surface area (Å²) in [4.78, 5) is 3.86. The summed E-state index contributed by atoms with van der Waals surface area (Å²) in [6.07, 6.45) is 25.7. The van der Waals surface area contributed by atoms with Crippen LogP contribution in [0.2, 0.25) is 0 Å². The van der Waals surface area contributed by atoms with Gasteiger partial charge in [0, 0.05) is 17.2 Å². The van der Waals surface area contributed by atoms with Crippen LogP contribution in [0.4, 0.5) is 0 Å². The minimum atomic E-state index is 1.19. The average molecular weight is 464 g/mol. The molecule has 0 saturated heterocycles. The van der Waals surface area contributed by atoms with E-state index in [2.05, 4.69) is 61.4 Å². The second-order valence-corrected chi connectivity index (χ2v) is 11.3. The Labute approximate surface area is 202 Å². The molecule has 0 aliphatic heterocycles. The lowest BCUT2D eigenvalue weighted by atomic mass is 10.1. The third-order valence-electron chi connectivity index (χ3n) is 5.76. The van der Waals surface area contributed by atoms with Gasteiger partial charge in [0.25, 0.3) is 0 Å². The smallest absolute Gasteiger partial charge is 0.0182 e. The Morgan fingerprint density at radius 1 is 0.677 bits per heavy atom. The Balaban J connectivity index is 1.76. The first kappa shape index (κ1) is 28.7. The summed E-state index contributed by atoms with van der Waals surface area (Å²) in [5, 5.41) is 0. The predicted octanol–water partition coefficient (Wildman–Crippen LogP) is 9.79. The third kappa shape index (κ3) is 20.0. The van der Waals surface area contributed by atoms with E-state index < -0.39 is 0 Å². The zero-order valence-corrected chi connectivity index (χ0v) is 22.2. The van der Waals surface area contributed by atoms with Gasteiger partial charge < -0.3 is 4.90 Å². The zero-order chi connectivity index (χ0) is 22.2. The number of rotatable bonds is 22. The molecule has 0 N–H and O–H groups in total. The van der Waals surface area contributed by atoms with Gasteiger partial charge in [-0.05, 0) is 57.8 Å².